The fourth-order valence-corrected chi connectivity index (χ4v) is 2.47. The third-order valence-corrected chi connectivity index (χ3v) is 3.86. The molecule has 0 aromatic heterocycles. The number of amides is 1. The summed E-state index contributed by atoms with van der Waals surface area (Å²) >= 11 is 0. The lowest BCUT2D eigenvalue weighted by Gasteiger charge is -2.07. The van der Waals surface area contributed by atoms with E-state index in [0.717, 1.165) is 24.9 Å². The van der Waals surface area contributed by atoms with Gasteiger partial charge in [-0.05, 0) is 24.9 Å². The van der Waals surface area contributed by atoms with Gasteiger partial charge in [-0.2, -0.15) is 0 Å². The Hall–Kier alpha value is -1.26. The second kappa shape index (κ2) is 16.6. The number of ether oxygens (including phenoxy) is 1. The highest BCUT2D eigenvalue weighted by Gasteiger charge is 2.01. The van der Waals surface area contributed by atoms with Crippen molar-refractivity contribution in [3.8, 4) is 0 Å². The minimum atomic E-state index is -0.325. The lowest BCUT2D eigenvalue weighted by Crippen LogP contribution is -2.25. The van der Waals surface area contributed by atoms with Crippen molar-refractivity contribution in [3.63, 3.8) is 0 Å². The van der Waals surface area contributed by atoms with Gasteiger partial charge >= 0.3 is 6.09 Å². The van der Waals surface area contributed by atoms with Crippen molar-refractivity contribution in [2.45, 2.75) is 64.4 Å². The van der Waals surface area contributed by atoms with Crippen LogP contribution in [0.15, 0.2) is 30.3 Å². The summed E-state index contributed by atoms with van der Waals surface area (Å²) in [6, 6.07) is 9.72. The molecule has 0 aliphatic carbocycles. The van der Waals surface area contributed by atoms with Crippen LogP contribution in [0, 0.1) is 0 Å². The first-order valence-electron chi connectivity index (χ1n) is 8.97. The molecule has 0 radical (unpaired) electrons. The van der Waals surface area contributed by atoms with Gasteiger partial charge in [-0.15, -0.1) is 12.4 Å². The molecule has 0 fully saturated rings. The normalized spacial score (nSPS) is 10.0. The Labute approximate surface area is 152 Å². The summed E-state index contributed by atoms with van der Waals surface area (Å²) in [4.78, 5) is 11.5. The molecular weight excluding hydrogens is 324 g/mol. The van der Waals surface area contributed by atoms with Gasteiger partial charge in [0.25, 0.3) is 0 Å². The quantitative estimate of drug-likeness (QED) is 0.499. The maximum absolute atomic E-state index is 11.5. The first-order chi connectivity index (χ1) is 11.3. The van der Waals surface area contributed by atoms with Crippen LogP contribution in [-0.2, 0) is 11.3 Å². The van der Waals surface area contributed by atoms with E-state index in [1.165, 1.54) is 44.9 Å². The number of halogens is 1. The summed E-state index contributed by atoms with van der Waals surface area (Å²) in [6.07, 6.45) is 10.8. The smallest absolute Gasteiger partial charge is 0.407 e. The molecule has 0 aliphatic heterocycles. The molecule has 0 heterocycles. The highest BCUT2D eigenvalue weighted by Crippen LogP contribution is 2.09. The lowest BCUT2D eigenvalue weighted by atomic mass is 10.1. The molecule has 24 heavy (non-hydrogen) atoms. The van der Waals surface area contributed by atoms with Crippen molar-refractivity contribution >= 4 is 18.5 Å². The van der Waals surface area contributed by atoms with Crippen LogP contribution in [0.5, 0.6) is 0 Å². The van der Waals surface area contributed by atoms with Gasteiger partial charge in [0, 0.05) is 6.54 Å². The standard InChI is InChI=1S/C19H32N2O2.ClH/c20-15-11-6-4-2-1-3-5-7-12-16-21-19(22)23-17-18-13-9-8-10-14-18;/h8-10,13-14H,1-7,11-12,15-17,20H2,(H,21,22);1H. The van der Waals surface area contributed by atoms with Crippen molar-refractivity contribution in [1.82, 2.24) is 5.32 Å². The highest BCUT2D eigenvalue weighted by molar-refractivity contribution is 5.85. The number of unbranched alkanes of at least 4 members (excludes halogenated alkanes) is 8. The van der Waals surface area contributed by atoms with Gasteiger partial charge in [0.05, 0.1) is 0 Å². The maximum atomic E-state index is 11.5. The number of rotatable bonds is 13. The van der Waals surface area contributed by atoms with Crippen LogP contribution in [0.3, 0.4) is 0 Å². The van der Waals surface area contributed by atoms with Crippen LogP contribution in [-0.4, -0.2) is 19.2 Å². The maximum Gasteiger partial charge on any atom is 0.407 e. The molecule has 0 saturated carbocycles. The van der Waals surface area contributed by atoms with E-state index in [9.17, 15) is 4.79 Å². The largest absolute Gasteiger partial charge is 0.445 e. The van der Waals surface area contributed by atoms with Crippen LogP contribution in [0.1, 0.15) is 63.4 Å². The third-order valence-electron chi connectivity index (χ3n) is 3.86. The Morgan fingerprint density at radius 1 is 0.875 bits per heavy atom. The number of nitrogens with one attached hydrogen (secondary N) is 1. The molecule has 4 nitrogen and oxygen atoms in total. The molecule has 138 valence electrons. The molecule has 0 atom stereocenters. The Bertz CT molecular complexity index is 402. The second-order valence-electron chi connectivity index (χ2n) is 5.96. The van der Waals surface area contributed by atoms with E-state index >= 15 is 0 Å². The van der Waals surface area contributed by atoms with E-state index in [1.807, 2.05) is 30.3 Å². The molecule has 0 aliphatic rings. The van der Waals surface area contributed by atoms with Crippen LogP contribution >= 0.6 is 12.4 Å². The summed E-state index contributed by atoms with van der Waals surface area (Å²) in [5.41, 5.74) is 6.48. The number of carbonyl (C=O) groups is 1. The summed E-state index contributed by atoms with van der Waals surface area (Å²) in [6.45, 7) is 1.85. The van der Waals surface area contributed by atoms with Gasteiger partial charge in [0.15, 0.2) is 0 Å². The first kappa shape index (κ1) is 22.7. The van der Waals surface area contributed by atoms with Crippen molar-refractivity contribution in [3.05, 3.63) is 35.9 Å². The summed E-state index contributed by atoms with van der Waals surface area (Å²) < 4.78 is 5.16. The first-order valence-corrected chi connectivity index (χ1v) is 8.97. The summed E-state index contributed by atoms with van der Waals surface area (Å²) in [5.74, 6) is 0. The predicted molar refractivity (Wildman–Crippen MR) is 102 cm³/mol. The van der Waals surface area contributed by atoms with Crippen LogP contribution in [0.2, 0.25) is 0 Å². The van der Waals surface area contributed by atoms with Gasteiger partial charge in [-0.1, -0.05) is 75.3 Å². The zero-order chi connectivity index (χ0) is 16.6. The van der Waals surface area contributed by atoms with Crippen molar-refractivity contribution in [2.75, 3.05) is 13.1 Å². The number of benzene rings is 1. The molecule has 3 N–H and O–H groups in total. The predicted octanol–water partition coefficient (Wildman–Crippen LogP) is 4.80. The molecule has 0 saturated heterocycles. The van der Waals surface area contributed by atoms with Gasteiger partial charge in [-0.3, -0.25) is 0 Å². The monoisotopic (exact) mass is 356 g/mol. The number of alkyl carbamates (subject to hydrolysis) is 1. The van der Waals surface area contributed by atoms with Crippen LogP contribution < -0.4 is 11.1 Å². The number of hydrogen-bond acceptors (Lipinski definition) is 3. The van der Waals surface area contributed by atoms with Crippen molar-refractivity contribution in [1.29, 1.82) is 0 Å². The minimum Gasteiger partial charge on any atom is -0.445 e. The number of carbonyl (C=O) groups excluding carboxylic acids is 1. The lowest BCUT2D eigenvalue weighted by molar-refractivity contribution is 0.139. The zero-order valence-electron chi connectivity index (χ0n) is 14.7. The van der Waals surface area contributed by atoms with E-state index in [2.05, 4.69) is 5.32 Å². The molecule has 1 aromatic rings. The van der Waals surface area contributed by atoms with Crippen LogP contribution in [0.25, 0.3) is 0 Å². The van der Waals surface area contributed by atoms with Gasteiger partial charge in [0.1, 0.15) is 6.61 Å². The molecule has 0 unspecified atom stereocenters. The topological polar surface area (TPSA) is 64.3 Å². The summed E-state index contributed by atoms with van der Waals surface area (Å²) in [7, 11) is 0. The highest BCUT2D eigenvalue weighted by atomic mass is 35.5. The Kier molecular flexibility index (Phi) is 15.7. The SMILES string of the molecule is Cl.NCCCCCCCCCCCNC(=O)OCc1ccccc1. The molecule has 0 bridgehead atoms. The Morgan fingerprint density at radius 3 is 2.00 bits per heavy atom. The fourth-order valence-electron chi connectivity index (χ4n) is 2.47. The van der Waals surface area contributed by atoms with E-state index in [4.69, 9.17) is 10.5 Å². The Balaban J connectivity index is 0.00000529. The molecule has 1 amide bonds. The molecular formula is C19H33ClN2O2. The molecule has 0 spiro atoms. The van der Waals surface area contributed by atoms with E-state index < -0.39 is 0 Å². The van der Waals surface area contributed by atoms with E-state index in [1.54, 1.807) is 0 Å². The zero-order valence-corrected chi connectivity index (χ0v) is 15.5. The minimum absolute atomic E-state index is 0. The molecule has 1 aromatic carbocycles. The van der Waals surface area contributed by atoms with Gasteiger partial charge in [-0.25, -0.2) is 4.79 Å². The van der Waals surface area contributed by atoms with E-state index in [-0.39, 0.29) is 18.5 Å². The second-order valence-corrected chi connectivity index (χ2v) is 5.96. The van der Waals surface area contributed by atoms with Crippen molar-refractivity contribution < 1.29 is 9.53 Å². The summed E-state index contributed by atoms with van der Waals surface area (Å²) in [5, 5.41) is 2.81. The Morgan fingerprint density at radius 2 is 1.42 bits per heavy atom. The van der Waals surface area contributed by atoms with Gasteiger partial charge in [0.2, 0.25) is 0 Å². The average molecular weight is 357 g/mol. The number of hydrogen-bond donors (Lipinski definition) is 2. The van der Waals surface area contributed by atoms with Crippen LogP contribution in [0.4, 0.5) is 4.79 Å². The third kappa shape index (κ3) is 13.2. The van der Waals surface area contributed by atoms with Crippen molar-refractivity contribution in [2.24, 2.45) is 5.73 Å². The van der Waals surface area contributed by atoms with Gasteiger partial charge < -0.3 is 15.8 Å². The number of nitrogens with two attached hydrogens (primary N) is 1. The molecule has 5 heteroatoms. The molecule has 1 rings (SSSR count). The van der Waals surface area contributed by atoms with E-state index in [0.29, 0.717) is 13.2 Å². The fraction of sp³-hybridized carbons (Fsp3) is 0.632. The average Bonchev–Trinajstić information content (AvgIpc) is 2.59.